The van der Waals surface area contributed by atoms with Crippen LogP contribution in [0, 0.1) is 0 Å². The van der Waals surface area contributed by atoms with Gasteiger partial charge in [-0.3, -0.25) is 14.7 Å². The van der Waals surface area contributed by atoms with E-state index in [0.29, 0.717) is 12.5 Å². The molecular formula is C19H30ClIN6O. The predicted octanol–water partition coefficient (Wildman–Crippen LogP) is 1.56. The highest BCUT2D eigenvalue weighted by Gasteiger charge is 2.20. The van der Waals surface area contributed by atoms with Crippen molar-refractivity contribution >= 4 is 53.1 Å². The van der Waals surface area contributed by atoms with Crippen molar-refractivity contribution in [3.8, 4) is 0 Å². The largest absolute Gasteiger partial charge is 0.370 e. The molecule has 0 saturated carbocycles. The number of nitrogens with two attached hydrogens (primary N) is 1. The summed E-state index contributed by atoms with van der Waals surface area (Å²) in [6.07, 6.45) is 0. The van der Waals surface area contributed by atoms with Gasteiger partial charge in [-0.1, -0.05) is 11.6 Å². The summed E-state index contributed by atoms with van der Waals surface area (Å²) in [4.78, 5) is 24.7. The molecule has 3 rings (SSSR count). The van der Waals surface area contributed by atoms with E-state index >= 15 is 0 Å². The molecule has 156 valence electrons. The zero-order valence-corrected chi connectivity index (χ0v) is 19.5. The van der Waals surface area contributed by atoms with Crippen molar-refractivity contribution in [2.45, 2.75) is 6.92 Å². The molecule has 7 nitrogen and oxygen atoms in total. The summed E-state index contributed by atoms with van der Waals surface area (Å²) in [6, 6.07) is 7.97. The molecule has 9 heteroatoms. The molecule has 1 aromatic rings. The highest BCUT2D eigenvalue weighted by molar-refractivity contribution is 14.0. The van der Waals surface area contributed by atoms with Gasteiger partial charge >= 0.3 is 0 Å². The lowest BCUT2D eigenvalue weighted by atomic mass is 10.2. The van der Waals surface area contributed by atoms with E-state index in [9.17, 15) is 4.79 Å². The van der Waals surface area contributed by atoms with Crippen molar-refractivity contribution in [1.82, 2.24) is 14.7 Å². The molecule has 0 unspecified atom stereocenters. The van der Waals surface area contributed by atoms with Gasteiger partial charge in [0.15, 0.2) is 5.96 Å². The number of anilines is 1. The summed E-state index contributed by atoms with van der Waals surface area (Å²) in [5.74, 6) is 0.794. The van der Waals surface area contributed by atoms with E-state index < -0.39 is 0 Å². The molecule has 2 saturated heterocycles. The number of rotatable bonds is 4. The Hall–Kier alpha value is -1.26. The standard InChI is InChI=1S/C19H29ClN6O.HI/c1-16(27)24-10-8-23(9-11-24)7-6-22-19(21)26-14-12-25(13-15-26)18-4-2-17(20)3-5-18;/h2-5H,6-15H2,1H3,(H2,21,22);1H. The smallest absolute Gasteiger partial charge is 0.219 e. The average molecular weight is 521 g/mol. The molecule has 0 bridgehead atoms. The molecule has 1 aromatic carbocycles. The van der Waals surface area contributed by atoms with E-state index in [4.69, 9.17) is 17.3 Å². The Kier molecular flexibility index (Phi) is 9.10. The first-order valence-corrected chi connectivity index (χ1v) is 9.94. The number of amides is 1. The number of halogens is 2. The minimum atomic E-state index is 0. The van der Waals surface area contributed by atoms with Gasteiger partial charge in [-0.25, -0.2) is 0 Å². The van der Waals surface area contributed by atoms with Gasteiger partial charge in [0.25, 0.3) is 0 Å². The van der Waals surface area contributed by atoms with Gasteiger partial charge in [-0.15, -0.1) is 24.0 Å². The van der Waals surface area contributed by atoms with Crippen LogP contribution in [0.5, 0.6) is 0 Å². The lowest BCUT2D eigenvalue weighted by Gasteiger charge is -2.37. The number of carbonyl (C=O) groups is 1. The zero-order valence-electron chi connectivity index (χ0n) is 16.4. The number of piperazine rings is 2. The zero-order chi connectivity index (χ0) is 19.2. The number of hydrogen-bond acceptors (Lipinski definition) is 4. The quantitative estimate of drug-likeness (QED) is 0.371. The molecule has 2 heterocycles. The first-order valence-electron chi connectivity index (χ1n) is 9.56. The van der Waals surface area contributed by atoms with Crippen LogP contribution in [0.25, 0.3) is 0 Å². The van der Waals surface area contributed by atoms with Crippen molar-refractivity contribution in [1.29, 1.82) is 0 Å². The maximum absolute atomic E-state index is 11.4. The van der Waals surface area contributed by atoms with Crippen LogP contribution in [-0.2, 0) is 4.79 Å². The fraction of sp³-hybridized carbons (Fsp3) is 0.579. The summed E-state index contributed by atoms with van der Waals surface area (Å²) in [7, 11) is 0. The third-order valence-corrected chi connectivity index (χ3v) is 5.56. The van der Waals surface area contributed by atoms with Crippen LogP contribution in [0.2, 0.25) is 5.02 Å². The van der Waals surface area contributed by atoms with E-state index in [0.717, 1.165) is 63.9 Å². The van der Waals surface area contributed by atoms with Crippen LogP contribution in [-0.4, -0.2) is 92.0 Å². The maximum Gasteiger partial charge on any atom is 0.219 e. The number of nitrogens with zero attached hydrogens (tertiary/aromatic N) is 5. The second-order valence-corrected chi connectivity index (χ2v) is 7.47. The van der Waals surface area contributed by atoms with Crippen molar-refractivity contribution in [2.24, 2.45) is 10.7 Å². The third-order valence-electron chi connectivity index (χ3n) is 5.30. The van der Waals surface area contributed by atoms with E-state index in [2.05, 4.69) is 31.8 Å². The SMILES string of the molecule is CC(=O)N1CCN(CCN=C(N)N2CCN(c3ccc(Cl)cc3)CC2)CC1.I. The Morgan fingerprint density at radius 2 is 1.57 bits per heavy atom. The van der Waals surface area contributed by atoms with Crippen LogP contribution in [0.15, 0.2) is 29.3 Å². The van der Waals surface area contributed by atoms with Crippen LogP contribution >= 0.6 is 35.6 Å². The molecule has 2 aliphatic heterocycles. The monoisotopic (exact) mass is 520 g/mol. The molecule has 0 atom stereocenters. The number of carbonyl (C=O) groups excluding carboxylic acids is 1. The third kappa shape index (κ3) is 6.38. The highest BCUT2D eigenvalue weighted by atomic mass is 127. The lowest BCUT2D eigenvalue weighted by molar-refractivity contribution is -0.130. The van der Waals surface area contributed by atoms with E-state index in [1.54, 1.807) is 6.92 Å². The first-order chi connectivity index (χ1) is 13.0. The van der Waals surface area contributed by atoms with Crippen molar-refractivity contribution in [2.75, 3.05) is 70.3 Å². The molecule has 2 aliphatic rings. The minimum absolute atomic E-state index is 0. The maximum atomic E-state index is 11.4. The summed E-state index contributed by atoms with van der Waals surface area (Å²) in [5.41, 5.74) is 7.39. The molecule has 2 fully saturated rings. The highest BCUT2D eigenvalue weighted by Crippen LogP contribution is 2.19. The lowest BCUT2D eigenvalue weighted by Crippen LogP contribution is -2.51. The van der Waals surface area contributed by atoms with Crippen LogP contribution in [0.4, 0.5) is 5.69 Å². The van der Waals surface area contributed by atoms with Crippen LogP contribution in [0.3, 0.4) is 0 Å². The van der Waals surface area contributed by atoms with Crippen LogP contribution in [0.1, 0.15) is 6.92 Å². The second kappa shape index (κ2) is 11.1. The summed E-state index contributed by atoms with van der Waals surface area (Å²) < 4.78 is 0. The average Bonchev–Trinajstić information content (AvgIpc) is 2.69. The molecule has 0 spiro atoms. The molecule has 0 aliphatic carbocycles. The fourth-order valence-electron chi connectivity index (χ4n) is 3.54. The summed E-state index contributed by atoms with van der Waals surface area (Å²) in [6.45, 7) is 10.2. The van der Waals surface area contributed by atoms with Crippen molar-refractivity contribution < 1.29 is 4.79 Å². The Morgan fingerprint density at radius 3 is 2.14 bits per heavy atom. The normalized spacial score (nSPS) is 18.8. The molecule has 2 N–H and O–H groups in total. The predicted molar refractivity (Wildman–Crippen MR) is 126 cm³/mol. The number of aliphatic imine (C=N–C) groups is 1. The Labute approximate surface area is 189 Å². The Morgan fingerprint density at radius 1 is 1.00 bits per heavy atom. The summed E-state index contributed by atoms with van der Waals surface area (Å²) in [5, 5.41) is 0.761. The first kappa shape index (κ1) is 23.0. The van der Waals surface area contributed by atoms with Crippen molar-refractivity contribution in [3.05, 3.63) is 29.3 Å². The van der Waals surface area contributed by atoms with Gasteiger partial charge in [0.1, 0.15) is 0 Å². The van der Waals surface area contributed by atoms with Gasteiger partial charge in [0.05, 0.1) is 6.54 Å². The van der Waals surface area contributed by atoms with E-state index in [1.165, 1.54) is 5.69 Å². The van der Waals surface area contributed by atoms with E-state index in [-0.39, 0.29) is 29.9 Å². The molecular weight excluding hydrogens is 491 g/mol. The summed E-state index contributed by atoms with van der Waals surface area (Å²) >= 11 is 5.96. The van der Waals surface area contributed by atoms with Crippen molar-refractivity contribution in [3.63, 3.8) is 0 Å². The topological polar surface area (TPSA) is 68.4 Å². The molecule has 1 amide bonds. The second-order valence-electron chi connectivity index (χ2n) is 7.04. The number of guanidine groups is 1. The minimum Gasteiger partial charge on any atom is -0.370 e. The van der Waals surface area contributed by atoms with Gasteiger partial charge in [0.2, 0.25) is 5.91 Å². The molecule has 28 heavy (non-hydrogen) atoms. The van der Waals surface area contributed by atoms with Gasteiger partial charge in [0, 0.05) is 76.5 Å². The fourth-order valence-corrected chi connectivity index (χ4v) is 3.66. The Balaban J connectivity index is 0.00000280. The Bertz CT molecular complexity index is 655. The van der Waals surface area contributed by atoms with Gasteiger partial charge in [-0.2, -0.15) is 0 Å². The van der Waals surface area contributed by atoms with Crippen LogP contribution < -0.4 is 10.6 Å². The van der Waals surface area contributed by atoms with Gasteiger partial charge < -0.3 is 20.4 Å². The van der Waals surface area contributed by atoms with Gasteiger partial charge in [-0.05, 0) is 24.3 Å². The molecule has 0 aromatic heterocycles. The molecule has 0 radical (unpaired) electrons. The number of benzene rings is 1. The number of hydrogen-bond donors (Lipinski definition) is 1. The van der Waals surface area contributed by atoms with E-state index in [1.807, 2.05) is 17.0 Å².